The van der Waals surface area contributed by atoms with Crippen molar-refractivity contribution in [2.75, 3.05) is 41.7 Å². The van der Waals surface area contributed by atoms with E-state index in [0.717, 1.165) is 36.7 Å². The van der Waals surface area contributed by atoms with Crippen LogP contribution in [0.3, 0.4) is 0 Å². The number of rotatable bonds is 8. The van der Waals surface area contributed by atoms with Crippen molar-refractivity contribution in [3.05, 3.63) is 41.7 Å². The molecule has 3 N–H and O–H groups in total. The third-order valence-corrected chi connectivity index (χ3v) is 6.69. The van der Waals surface area contributed by atoms with Crippen LogP contribution < -0.4 is 15.4 Å². The molecular weight excluding hydrogens is 388 g/mol. The van der Waals surface area contributed by atoms with E-state index in [1.54, 1.807) is 18.3 Å². The Labute approximate surface area is 173 Å². The van der Waals surface area contributed by atoms with Crippen LogP contribution in [0.4, 0.5) is 17.1 Å². The van der Waals surface area contributed by atoms with Crippen molar-refractivity contribution in [1.29, 1.82) is 0 Å². The normalized spacial score (nSPS) is 14.7. The molecule has 158 valence electrons. The number of aryl methyl sites for hydroxylation is 2. The second kappa shape index (κ2) is 8.59. The Morgan fingerprint density at radius 3 is 2.55 bits per heavy atom. The average Bonchev–Trinajstić information content (AvgIpc) is 2.60. The lowest BCUT2D eigenvalue weighted by Gasteiger charge is -2.28. The number of hydrogen-bond acceptors (Lipinski definition) is 6. The topological polar surface area (TPSA) is 97.5 Å². The molecule has 29 heavy (non-hydrogen) atoms. The zero-order chi connectivity index (χ0) is 21.2. The number of hydrogen-bond donors (Lipinski definition) is 2. The number of nitrogens with two attached hydrogens (primary N) is 1. The molecule has 2 heterocycles. The summed E-state index contributed by atoms with van der Waals surface area (Å²) >= 11 is 0. The predicted molar refractivity (Wildman–Crippen MR) is 117 cm³/mol. The predicted octanol–water partition coefficient (Wildman–Crippen LogP) is 3.19. The Balaban J connectivity index is 1.91. The largest absolute Gasteiger partial charge is 0.397 e. The Morgan fingerprint density at radius 1 is 1.28 bits per heavy atom. The van der Waals surface area contributed by atoms with Gasteiger partial charge in [0, 0.05) is 24.7 Å². The average molecular weight is 419 g/mol. The minimum atomic E-state index is -3.78. The number of nitrogen functional groups attached to an aromatic ring is 1. The van der Waals surface area contributed by atoms with Gasteiger partial charge in [-0.1, -0.05) is 13.8 Å². The van der Waals surface area contributed by atoms with Crippen LogP contribution in [0.5, 0.6) is 0 Å². The molecule has 1 aliphatic rings. The van der Waals surface area contributed by atoms with Crippen LogP contribution in [-0.4, -0.2) is 39.7 Å². The van der Waals surface area contributed by atoms with Crippen LogP contribution in [-0.2, 0) is 14.8 Å². The van der Waals surface area contributed by atoms with E-state index in [0.29, 0.717) is 23.8 Å². The number of nitrogens with zero attached hydrogens (tertiary/aromatic N) is 2. The maximum Gasteiger partial charge on any atom is 0.264 e. The molecule has 8 heteroatoms. The summed E-state index contributed by atoms with van der Waals surface area (Å²) < 4.78 is 33.6. The van der Waals surface area contributed by atoms with E-state index >= 15 is 0 Å². The van der Waals surface area contributed by atoms with E-state index in [1.807, 2.05) is 33.8 Å². The van der Waals surface area contributed by atoms with Gasteiger partial charge in [-0.15, -0.1) is 0 Å². The summed E-state index contributed by atoms with van der Waals surface area (Å²) in [5, 5.41) is 3.28. The fraction of sp³-hybridized carbons (Fsp3) is 0.476. The van der Waals surface area contributed by atoms with Crippen LogP contribution in [0.1, 0.15) is 25.1 Å². The van der Waals surface area contributed by atoms with E-state index in [1.165, 1.54) is 10.4 Å². The summed E-state index contributed by atoms with van der Waals surface area (Å²) in [6, 6.07) is 6.76. The fourth-order valence-corrected chi connectivity index (χ4v) is 4.97. The Hall–Kier alpha value is -2.32. The van der Waals surface area contributed by atoms with Crippen molar-refractivity contribution < 1.29 is 13.2 Å². The monoisotopic (exact) mass is 418 g/mol. The maximum absolute atomic E-state index is 13.5. The van der Waals surface area contributed by atoms with Gasteiger partial charge in [0.15, 0.2) is 0 Å². The molecular formula is C21H30N4O3S. The molecule has 0 bridgehead atoms. The standard InChI is InChI=1S/C21H30N4O3S/c1-14(2)11-25(21-10-23-16(4)7-15(21)3)29(26,27)18-5-6-20(19(22)8-18)24-9-17-12-28-13-17/h5-8,10,14,17,24H,9,11-13,22H2,1-4H3. The molecule has 2 aromatic rings. The molecule has 7 nitrogen and oxygen atoms in total. The molecule has 0 atom stereocenters. The Bertz CT molecular complexity index is 972. The van der Waals surface area contributed by atoms with Crippen LogP contribution in [0.15, 0.2) is 35.4 Å². The first-order chi connectivity index (χ1) is 13.7. The minimum Gasteiger partial charge on any atom is -0.397 e. The van der Waals surface area contributed by atoms with Crippen molar-refractivity contribution in [3.8, 4) is 0 Å². The zero-order valence-corrected chi connectivity index (χ0v) is 18.3. The number of sulfonamides is 1. The summed E-state index contributed by atoms with van der Waals surface area (Å²) in [6.45, 7) is 10.4. The summed E-state index contributed by atoms with van der Waals surface area (Å²) in [7, 11) is -3.78. The third-order valence-electron chi connectivity index (χ3n) is 4.92. The molecule has 1 aromatic carbocycles. The van der Waals surface area contributed by atoms with Gasteiger partial charge >= 0.3 is 0 Å². The van der Waals surface area contributed by atoms with Crippen LogP contribution >= 0.6 is 0 Å². The number of nitrogens with one attached hydrogen (secondary N) is 1. The third kappa shape index (κ3) is 4.82. The number of pyridine rings is 1. The summed E-state index contributed by atoms with van der Waals surface area (Å²) in [5.74, 6) is 0.616. The van der Waals surface area contributed by atoms with Crippen molar-refractivity contribution in [1.82, 2.24) is 4.98 Å². The van der Waals surface area contributed by atoms with Gasteiger partial charge in [0.05, 0.1) is 41.4 Å². The maximum atomic E-state index is 13.5. The van der Waals surface area contributed by atoms with Gasteiger partial charge in [-0.05, 0) is 49.6 Å². The van der Waals surface area contributed by atoms with E-state index in [2.05, 4.69) is 10.3 Å². The first-order valence-corrected chi connectivity index (χ1v) is 11.3. The van der Waals surface area contributed by atoms with Gasteiger partial charge in [0.1, 0.15) is 0 Å². The Morgan fingerprint density at radius 2 is 2.00 bits per heavy atom. The molecule has 1 aromatic heterocycles. The van der Waals surface area contributed by atoms with Gasteiger partial charge in [-0.25, -0.2) is 8.42 Å². The number of aromatic nitrogens is 1. The second-order valence-corrected chi connectivity index (χ2v) is 9.94. The molecule has 0 spiro atoms. The van der Waals surface area contributed by atoms with Crippen molar-refractivity contribution in [2.24, 2.45) is 11.8 Å². The summed E-state index contributed by atoms with van der Waals surface area (Å²) in [4.78, 5) is 4.48. The highest BCUT2D eigenvalue weighted by Gasteiger charge is 2.28. The molecule has 1 aliphatic heterocycles. The van der Waals surface area contributed by atoms with Crippen molar-refractivity contribution in [3.63, 3.8) is 0 Å². The summed E-state index contributed by atoms with van der Waals surface area (Å²) in [5.41, 5.74) is 9.63. The number of benzene rings is 1. The Kier molecular flexibility index (Phi) is 6.33. The van der Waals surface area contributed by atoms with Gasteiger partial charge in [-0.3, -0.25) is 9.29 Å². The van der Waals surface area contributed by atoms with Crippen LogP contribution in [0, 0.1) is 25.7 Å². The zero-order valence-electron chi connectivity index (χ0n) is 17.5. The highest BCUT2D eigenvalue weighted by atomic mass is 32.2. The fourth-order valence-electron chi connectivity index (χ4n) is 3.25. The molecule has 0 amide bonds. The van der Waals surface area contributed by atoms with Gasteiger partial charge < -0.3 is 15.8 Å². The molecule has 3 rings (SSSR count). The first-order valence-electron chi connectivity index (χ1n) is 9.85. The lowest BCUT2D eigenvalue weighted by atomic mass is 10.1. The molecule has 0 saturated carbocycles. The lowest BCUT2D eigenvalue weighted by molar-refractivity contribution is -0.0248. The smallest absolute Gasteiger partial charge is 0.264 e. The highest BCUT2D eigenvalue weighted by Crippen LogP contribution is 2.30. The van der Waals surface area contributed by atoms with Gasteiger partial charge in [-0.2, -0.15) is 0 Å². The van der Waals surface area contributed by atoms with Crippen LogP contribution in [0.2, 0.25) is 0 Å². The molecule has 1 fully saturated rings. The molecule has 0 radical (unpaired) electrons. The first kappa shape index (κ1) is 21.4. The number of ether oxygens (including phenoxy) is 1. The SMILES string of the molecule is Cc1cc(C)c(N(CC(C)C)S(=O)(=O)c2ccc(NCC3COC3)c(N)c2)cn1. The van der Waals surface area contributed by atoms with E-state index in [4.69, 9.17) is 10.5 Å². The number of anilines is 3. The lowest BCUT2D eigenvalue weighted by Crippen LogP contribution is -2.35. The molecule has 1 saturated heterocycles. The van der Waals surface area contributed by atoms with Gasteiger partial charge in [0.25, 0.3) is 10.0 Å². The second-order valence-electron chi connectivity index (χ2n) is 8.08. The quantitative estimate of drug-likeness (QED) is 0.639. The highest BCUT2D eigenvalue weighted by molar-refractivity contribution is 7.92. The molecule has 0 aliphatic carbocycles. The van der Waals surface area contributed by atoms with E-state index < -0.39 is 10.0 Å². The minimum absolute atomic E-state index is 0.147. The van der Waals surface area contributed by atoms with Crippen molar-refractivity contribution >= 4 is 27.1 Å². The summed E-state index contributed by atoms with van der Waals surface area (Å²) in [6.07, 6.45) is 1.63. The van der Waals surface area contributed by atoms with E-state index in [9.17, 15) is 8.42 Å². The van der Waals surface area contributed by atoms with Gasteiger partial charge in [0.2, 0.25) is 0 Å². The van der Waals surface area contributed by atoms with Crippen molar-refractivity contribution in [2.45, 2.75) is 32.6 Å². The van der Waals surface area contributed by atoms with E-state index in [-0.39, 0.29) is 10.8 Å². The molecule has 0 unspecified atom stereocenters. The van der Waals surface area contributed by atoms with Crippen LogP contribution in [0.25, 0.3) is 0 Å².